The largest absolute Gasteiger partial charge is 0.489 e. The van der Waals surface area contributed by atoms with Crippen LogP contribution in [-0.2, 0) is 22.0 Å². The molecule has 0 bridgehead atoms. The normalized spacial score (nSPS) is 17.3. The van der Waals surface area contributed by atoms with Crippen molar-refractivity contribution in [1.82, 2.24) is 0 Å². The molecule has 0 unspecified atom stereocenters. The number of hydrogen-bond acceptors (Lipinski definition) is 4. The molecule has 0 aromatic heterocycles. The summed E-state index contributed by atoms with van der Waals surface area (Å²) in [6, 6.07) is 19.3. The molecule has 38 heavy (non-hydrogen) atoms. The van der Waals surface area contributed by atoms with Gasteiger partial charge in [0.15, 0.2) is 6.29 Å². The predicted octanol–water partition coefficient (Wildman–Crippen LogP) is 7.17. The van der Waals surface area contributed by atoms with E-state index in [1.165, 1.54) is 18.2 Å². The molecule has 2 aliphatic rings. The van der Waals surface area contributed by atoms with E-state index in [4.69, 9.17) is 14.2 Å². The summed E-state index contributed by atoms with van der Waals surface area (Å²) in [5, 5.41) is 0. The Morgan fingerprint density at radius 2 is 1.63 bits per heavy atom. The van der Waals surface area contributed by atoms with E-state index in [2.05, 4.69) is 4.90 Å². The van der Waals surface area contributed by atoms with Gasteiger partial charge in [0.05, 0.1) is 0 Å². The Bertz CT molecular complexity index is 1280. The highest BCUT2D eigenvalue weighted by atomic mass is 19.3. The Kier molecular flexibility index (Phi) is 7.77. The third-order valence-corrected chi connectivity index (χ3v) is 7.48. The lowest BCUT2D eigenvalue weighted by atomic mass is 9.84. The second kappa shape index (κ2) is 11.2. The molecule has 0 N–H and O–H groups in total. The van der Waals surface area contributed by atoms with Crippen LogP contribution in [-0.4, -0.2) is 33.6 Å². The van der Waals surface area contributed by atoms with Gasteiger partial charge in [0.1, 0.15) is 18.2 Å². The number of alkyl halides is 2. The van der Waals surface area contributed by atoms with Gasteiger partial charge in [-0.1, -0.05) is 42.5 Å². The van der Waals surface area contributed by atoms with Crippen molar-refractivity contribution in [2.45, 2.75) is 38.1 Å². The summed E-state index contributed by atoms with van der Waals surface area (Å²) in [5.74, 6) is -2.84. The van der Waals surface area contributed by atoms with Crippen molar-refractivity contribution in [1.29, 1.82) is 0 Å². The maximum atomic E-state index is 15.5. The summed E-state index contributed by atoms with van der Waals surface area (Å²) in [7, 11) is 3.28. The van der Waals surface area contributed by atoms with Crippen LogP contribution in [0.3, 0.4) is 0 Å². The van der Waals surface area contributed by atoms with Crippen LogP contribution in [0.5, 0.6) is 5.75 Å². The quantitative estimate of drug-likeness (QED) is 0.293. The number of methoxy groups -OCH3 is 2. The topological polar surface area (TPSA) is 30.9 Å². The Hall–Kier alpha value is -3.29. The molecule has 1 heterocycles. The number of fused-ring (bicyclic) bond motifs is 1. The second-order valence-electron chi connectivity index (χ2n) is 9.84. The minimum Gasteiger partial charge on any atom is -0.489 e. The number of benzene rings is 3. The summed E-state index contributed by atoms with van der Waals surface area (Å²) >= 11 is 0. The highest BCUT2D eigenvalue weighted by molar-refractivity contribution is 5.84. The van der Waals surface area contributed by atoms with Crippen LogP contribution in [0, 0.1) is 11.7 Å². The van der Waals surface area contributed by atoms with Gasteiger partial charge in [-0.15, -0.1) is 0 Å². The average Bonchev–Trinajstić information content (AvgIpc) is 2.94. The van der Waals surface area contributed by atoms with Crippen LogP contribution in [0.25, 0.3) is 5.57 Å². The SMILES string of the molecule is COC(OC)C1CCN(c2ccc(C3=CCC(F)(F)c4cc(OCc5ccccc5)ccc43)c(F)c2)CC1. The van der Waals surface area contributed by atoms with Crippen LogP contribution >= 0.6 is 0 Å². The number of piperidine rings is 1. The molecular weight excluding hydrogens is 491 g/mol. The van der Waals surface area contributed by atoms with Crippen molar-refractivity contribution >= 4 is 11.3 Å². The van der Waals surface area contributed by atoms with Gasteiger partial charge in [0.25, 0.3) is 5.92 Å². The van der Waals surface area contributed by atoms with Gasteiger partial charge < -0.3 is 19.1 Å². The van der Waals surface area contributed by atoms with Crippen molar-refractivity contribution in [2.75, 3.05) is 32.2 Å². The number of halogens is 3. The molecule has 3 aromatic rings. The molecule has 5 rings (SSSR count). The van der Waals surface area contributed by atoms with Crippen LogP contribution in [0.1, 0.15) is 41.5 Å². The fourth-order valence-corrected chi connectivity index (χ4v) is 5.43. The number of hydrogen-bond donors (Lipinski definition) is 0. The predicted molar refractivity (Wildman–Crippen MR) is 142 cm³/mol. The monoisotopic (exact) mass is 523 g/mol. The van der Waals surface area contributed by atoms with Crippen LogP contribution in [0.15, 0.2) is 72.8 Å². The van der Waals surface area contributed by atoms with Gasteiger partial charge in [0, 0.05) is 56.5 Å². The first-order valence-electron chi connectivity index (χ1n) is 12.9. The lowest BCUT2D eigenvalue weighted by Gasteiger charge is -2.36. The van der Waals surface area contributed by atoms with Gasteiger partial charge in [0.2, 0.25) is 0 Å². The van der Waals surface area contributed by atoms with Crippen molar-refractivity contribution in [3.63, 3.8) is 0 Å². The summed E-state index contributed by atoms with van der Waals surface area (Å²) in [4.78, 5) is 2.14. The molecule has 1 aliphatic heterocycles. The summed E-state index contributed by atoms with van der Waals surface area (Å²) in [6.07, 6.45) is 2.45. The first-order valence-corrected chi connectivity index (χ1v) is 12.9. The first kappa shape index (κ1) is 26.3. The molecule has 0 spiro atoms. The van der Waals surface area contributed by atoms with E-state index in [0.29, 0.717) is 22.4 Å². The zero-order valence-electron chi connectivity index (χ0n) is 21.6. The van der Waals surface area contributed by atoms with E-state index in [1.807, 2.05) is 36.4 Å². The van der Waals surface area contributed by atoms with Crippen molar-refractivity contribution in [2.24, 2.45) is 5.92 Å². The van der Waals surface area contributed by atoms with Gasteiger partial charge in [-0.3, -0.25) is 0 Å². The molecule has 0 amide bonds. The highest BCUT2D eigenvalue weighted by Crippen LogP contribution is 2.45. The molecular formula is C31H32F3NO3. The maximum absolute atomic E-state index is 15.5. The van der Waals surface area contributed by atoms with Gasteiger partial charge >= 0.3 is 0 Å². The molecule has 4 nitrogen and oxygen atoms in total. The van der Waals surface area contributed by atoms with Crippen LogP contribution in [0.4, 0.5) is 18.9 Å². The number of allylic oxidation sites excluding steroid dienone is 1. The highest BCUT2D eigenvalue weighted by Gasteiger charge is 2.38. The maximum Gasteiger partial charge on any atom is 0.277 e. The van der Waals surface area contributed by atoms with Crippen LogP contribution in [0.2, 0.25) is 0 Å². The van der Waals surface area contributed by atoms with E-state index < -0.39 is 18.2 Å². The van der Waals surface area contributed by atoms with E-state index in [1.54, 1.807) is 32.4 Å². The lowest BCUT2D eigenvalue weighted by molar-refractivity contribution is -0.141. The molecule has 200 valence electrons. The second-order valence-corrected chi connectivity index (χ2v) is 9.84. The molecule has 7 heteroatoms. The van der Waals surface area contributed by atoms with E-state index >= 15 is 4.39 Å². The number of ether oxygens (including phenoxy) is 3. The standard InChI is InChI=1S/C31H32F3NO3/c1-36-30(37-2)22-13-16-35(17-14-22)23-8-10-27(29(32)18-23)25-12-15-31(33,34)28-19-24(9-11-26(25)28)38-20-21-6-4-3-5-7-21/h3-12,18-19,22,30H,13-17,20H2,1-2H3. The summed E-state index contributed by atoms with van der Waals surface area (Å²) in [5.41, 5.74) is 2.70. The zero-order valence-corrected chi connectivity index (χ0v) is 21.6. The Balaban J connectivity index is 1.34. The number of rotatable bonds is 8. The number of nitrogens with zero attached hydrogens (tertiary/aromatic N) is 1. The average molecular weight is 524 g/mol. The minimum atomic E-state index is -3.06. The van der Waals surface area contributed by atoms with Crippen molar-refractivity contribution in [3.05, 3.63) is 101 Å². The van der Waals surface area contributed by atoms with Gasteiger partial charge in [-0.2, -0.15) is 0 Å². The lowest BCUT2D eigenvalue weighted by Crippen LogP contribution is -2.39. The molecule has 0 atom stereocenters. The Morgan fingerprint density at radius 1 is 0.921 bits per heavy atom. The molecule has 1 saturated heterocycles. The van der Waals surface area contributed by atoms with Gasteiger partial charge in [-0.25, -0.2) is 13.2 Å². The Morgan fingerprint density at radius 3 is 2.32 bits per heavy atom. The summed E-state index contributed by atoms with van der Waals surface area (Å²) in [6.45, 7) is 1.80. The van der Waals surface area contributed by atoms with Crippen molar-refractivity contribution in [3.8, 4) is 5.75 Å². The molecule has 0 saturated carbocycles. The van der Waals surface area contributed by atoms with E-state index in [0.717, 1.165) is 37.2 Å². The molecule has 3 aromatic carbocycles. The fourth-order valence-electron chi connectivity index (χ4n) is 5.43. The third-order valence-electron chi connectivity index (χ3n) is 7.48. The Labute approximate surface area is 221 Å². The van der Waals surface area contributed by atoms with E-state index in [9.17, 15) is 8.78 Å². The van der Waals surface area contributed by atoms with E-state index in [-0.39, 0.29) is 24.4 Å². The molecule has 0 radical (unpaired) electrons. The third kappa shape index (κ3) is 5.45. The first-order chi connectivity index (χ1) is 18.4. The fraction of sp³-hybridized carbons (Fsp3) is 0.355. The summed E-state index contributed by atoms with van der Waals surface area (Å²) < 4.78 is 62.0. The van der Waals surface area contributed by atoms with Crippen molar-refractivity contribution < 1.29 is 27.4 Å². The zero-order chi connectivity index (χ0) is 26.7. The molecule has 1 aliphatic carbocycles. The smallest absolute Gasteiger partial charge is 0.277 e. The minimum absolute atomic E-state index is 0.142. The number of anilines is 1. The van der Waals surface area contributed by atoms with Crippen LogP contribution < -0.4 is 9.64 Å². The van der Waals surface area contributed by atoms with Gasteiger partial charge in [-0.05, 0) is 59.9 Å². The molecule has 1 fully saturated rings.